The van der Waals surface area contributed by atoms with Gasteiger partial charge in [-0.3, -0.25) is 4.79 Å². The molecule has 1 amide bonds. The minimum atomic E-state index is -3.52. The molecule has 7 heteroatoms. The SMILES string of the molecule is Cc1cc(C(=O)N2CC[C@H](CS(N)(=O)=O)C2)c(-c2ccccc2)o1. The summed E-state index contributed by atoms with van der Waals surface area (Å²) in [5, 5.41) is 5.11. The maximum atomic E-state index is 12.9. The molecular weight excluding hydrogens is 328 g/mol. The monoisotopic (exact) mass is 348 g/mol. The minimum absolute atomic E-state index is 0.0905. The second kappa shape index (κ2) is 6.41. The first-order valence-corrected chi connectivity index (χ1v) is 9.50. The van der Waals surface area contributed by atoms with Crippen molar-refractivity contribution in [2.45, 2.75) is 13.3 Å². The van der Waals surface area contributed by atoms with Gasteiger partial charge in [-0.15, -0.1) is 0 Å². The summed E-state index contributed by atoms with van der Waals surface area (Å²) in [6, 6.07) is 11.2. The minimum Gasteiger partial charge on any atom is -0.461 e. The third-order valence-corrected chi connectivity index (χ3v) is 5.10. The summed E-state index contributed by atoms with van der Waals surface area (Å²) in [5.41, 5.74) is 1.35. The van der Waals surface area contributed by atoms with Crippen LogP contribution in [0.4, 0.5) is 0 Å². The van der Waals surface area contributed by atoms with E-state index < -0.39 is 10.0 Å². The summed E-state index contributed by atoms with van der Waals surface area (Å²) in [6.07, 6.45) is 0.639. The number of nitrogens with zero attached hydrogens (tertiary/aromatic N) is 1. The van der Waals surface area contributed by atoms with Gasteiger partial charge in [-0.2, -0.15) is 0 Å². The van der Waals surface area contributed by atoms with Crippen LogP contribution in [-0.4, -0.2) is 38.1 Å². The van der Waals surface area contributed by atoms with Crippen molar-refractivity contribution in [3.8, 4) is 11.3 Å². The molecule has 2 heterocycles. The van der Waals surface area contributed by atoms with Crippen molar-refractivity contribution in [2.24, 2.45) is 11.1 Å². The topological polar surface area (TPSA) is 93.6 Å². The highest BCUT2D eigenvalue weighted by Gasteiger charge is 2.31. The van der Waals surface area contributed by atoms with Crippen LogP contribution < -0.4 is 5.14 Å². The highest BCUT2D eigenvalue weighted by atomic mass is 32.2. The fourth-order valence-electron chi connectivity index (χ4n) is 3.13. The Morgan fingerprint density at radius 3 is 2.71 bits per heavy atom. The number of rotatable bonds is 4. The van der Waals surface area contributed by atoms with Crippen molar-refractivity contribution in [3.05, 3.63) is 47.7 Å². The molecule has 1 aromatic heterocycles. The Bertz CT molecular complexity index is 843. The molecule has 0 saturated carbocycles. The highest BCUT2D eigenvalue weighted by Crippen LogP contribution is 2.29. The fraction of sp³-hybridized carbons (Fsp3) is 0.353. The van der Waals surface area contributed by atoms with Crippen molar-refractivity contribution in [3.63, 3.8) is 0 Å². The van der Waals surface area contributed by atoms with E-state index in [2.05, 4.69) is 0 Å². The Morgan fingerprint density at radius 2 is 2.04 bits per heavy atom. The van der Waals surface area contributed by atoms with Crippen molar-refractivity contribution in [2.75, 3.05) is 18.8 Å². The quantitative estimate of drug-likeness (QED) is 0.914. The van der Waals surface area contributed by atoms with Crippen LogP contribution in [0.5, 0.6) is 0 Å². The van der Waals surface area contributed by atoms with Crippen LogP contribution in [0, 0.1) is 12.8 Å². The molecule has 1 aliphatic rings. The Labute approximate surface area is 141 Å². The third kappa shape index (κ3) is 3.68. The fourth-order valence-corrected chi connectivity index (χ4v) is 4.06. The van der Waals surface area contributed by atoms with Crippen LogP contribution >= 0.6 is 0 Å². The van der Waals surface area contributed by atoms with Crippen LogP contribution in [0.1, 0.15) is 22.5 Å². The number of nitrogens with two attached hydrogens (primary N) is 1. The number of sulfonamides is 1. The second-order valence-corrected chi connectivity index (χ2v) is 7.86. The summed E-state index contributed by atoms with van der Waals surface area (Å²) in [5.74, 6) is 0.873. The maximum Gasteiger partial charge on any atom is 0.257 e. The number of furan rings is 1. The van der Waals surface area contributed by atoms with Crippen LogP contribution in [0.3, 0.4) is 0 Å². The average molecular weight is 348 g/mol. The molecular formula is C17H20N2O4S. The first-order chi connectivity index (χ1) is 11.3. The van der Waals surface area contributed by atoms with E-state index >= 15 is 0 Å². The molecule has 2 N–H and O–H groups in total. The van der Waals surface area contributed by atoms with Gasteiger partial charge in [-0.05, 0) is 25.3 Å². The Morgan fingerprint density at radius 1 is 1.33 bits per heavy atom. The van der Waals surface area contributed by atoms with Gasteiger partial charge in [-0.25, -0.2) is 13.6 Å². The van der Waals surface area contributed by atoms with E-state index in [9.17, 15) is 13.2 Å². The molecule has 0 radical (unpaired) electrons. The van der Waals surface area contributed by atoms with E-state index in [0.29, 0.717) is 36.6 Å². The lowest BCUT2D eigenvalue weighted by Gasteiger charge is -2.16. The predicted molar refractivity (Wildman–Crippen MR) is 90.9 cm³/mol. The van der Waals surface area contributed by atoms with Crippen molar-refractivity contribution < 1.29 is 17.6 Å². The van der Waals surface area contributed by atoms with E-state index in [-0.39, 0.29) is 17.6 Å². The molecule has 3 rings (SSSR count). The number of benzene rings is 1. The van der Waals surface area contributed by atoms with Crippen LogP contribution in [0.15, 0.2) is 40.8 Å². The lowest BCUT2D eigenvalue weighted by molar-refractivity contribution is 0.0788. The number of hydrogen-bond donors (Lipinski definition) is 1. The highest BCUT2D eigenvalue weighted by molar-refractivity contribution is 7.89. The summed E-state index contributed by atoms with van der Waals surface area (Å²) in [7, 11) is -3.52. The molecule has 0 bridgehead atoms. The van der Waals surface area contributed by atoms with E-state index in [0.717, 1.165) is 5.56 Å². The molecule has 1 fully saturated rings. The van der Waals surface area contributed by atoms with Gasteiger partial charge in [0.15, 0.2) is 0 Å². The number of likely N-dealkylation sites (tertiary alicyclic amines) is 1. The van der Waals surface area contributed by atoms with Gasteiger partial charge in [0.25, 0.3) is 5.91 Å². The number of carbonyl (C=O) groups excluding carboxylic acids is 1. The molecule has 0 spiro atoms. The van der Waals surface area contributed by atoms with Gasteiger partial charge in [0.2, 0.25) is 10.0 Å². The average Bonchev–Trinajstić information content (AvgIpc) is 3.12. The largest absolute Gasteiger partial charge is 0.461 e. The van der Waals surface area contributed by atoms with Gasteiger partial charge in [0.1, 0.15) is 11.5 Å². The van der Waals surface area contributed by atoms with Crippen molar-refractivity contribution in [1.29, 1.82) is 0 Å². The lowest BCUT2D eigenvalue weighted by Crippen LogP contribution is -2.30. The molecule has 2 aromatic rings. The number of hydrogen-bond acceptors (Lipinski definition) is 4. The van der Waals surface area contributed by atoms with Crippen LogP contribution in [0.2, 0.25) is 0 Å². The number of amides is 1. The van der Waals surface area contributed by atoms with Crippen molar-refractivity contribution >= 4 is 15.9 Å². The number of primary sulfonamides is 1. The van der Waals surface area contributed by atoms with Crippen molar-refractivity contribution in [1.82, 2.24) is 4.90 Å². The Hall–Kier alpha value is -2.12. The molecule has 128 valence electrons. The normalized spacial score (nSPS) is 18.1. The third-order valence-electron chi connectivity index (χ3n) is 4.16. The second-order valence-electron chi connectivity index (χ2n) is 6.20. The maximum absolute atomic E-state index is 12.9. The Kier molecular flexibility index (Phi) is 4.47. The molecule has 1 atom stereocenters. The van der Waals surface area contributed by atoms with Crippen LogP contribution in [-0.2, 0) is 10.0 Å². The Balaban J connectivity index is 1.82. The van der Waals surface area contributed by atoms with E-state index in [1.165, 1.54) is 0 Å². The summed E-state index contributed by atoms with van der Waals surface area (Å²) >= 11 is 0. The molecule has 1 aliphatic heterocycles. The van der Waals surface area contributed by atoms with Gasteiger partial charge < -0.3 is 9.32 Å². The summed E-state index contributed by atoms with van der Waals surface area (Å²) in [4.78, 5) is 14.5. The molecule has 1 aromatic carbocycles. The van der Waals surface area contributed by atoms with Gasteiger partial charge in [-0.1, -0.05) is 30.3 Å². The standard InChI is InChI=1S/C17H20N2O4S/c1-12-9-15(16(23-12)14-5-3-2-4-6-14)17(20)19-8-7-13(10-19)11-24(18,21)22/h2-6,9,13H,7-8,10-11H2,1H3,(H2,18,21,22)/t13-/m0/s1. The molecule has 24 heavy (non-hydrogen) atoms. The lowest BCUT2D eigenvalue weighted by atomic mass is 10.1. The van der Waals surface area contributed by atoms with E-state index in [1.54, 1.807) is 17.9 Å². The van der Waals surface area contributed by atoms with E-state index in [4.69, 9.17) is 9.56 Å². The molecule has 0 unspecified atom stereocenters. The smallest absolute Gasteiger partial charge is 0.257 e. The zero-order chi connectivity index (χ0) is 17.3. The molecule has 1 saturated heterocycles. The van der Waals surface area contributed by atoms with Gasteiger partial charge in [0.05, 0.1) is 11.3 Å². The predicted octanol–water partition coefficient (Wildman–Crippen LogP) is 2.01. The zero-order valence-corrected chi connectivity index (χ0v) is 14.3. The first-order valence-electron chi connectivity index (χ1n) is 7.79. The molecule has 0 aliphatic carbocycles. The zero-order valence-electron chi connectivity index (χ0n) is 13.4. The van der Waals surface area contributed by atoms with Gasteiger partial charge >= 0.3 is 0 Å². The summed E-state index contributed by atoms with van der Waals surface area (Å²) in [6.45, 7) is 2.72. The number of carbonyl (C=O) groups is 1. The van der Waals surface area contributed by atoms with Gasteiger partial charge in [0, 0.05) is 18.7 Å². The summed E-state index contributed by atoms with van der Waals surface area (Å²) < 4.78 is 28.2. The van der Waals surface area contributed by atoms with Crippen LogP contribution in [0.25, 0.3) is 11.3 Å². The molecule has 6 nitrogen and oxygen atoms in total. The first kappa shape index (κ1) is 16.7. The number of aryl methyl sites for hydroxylation is 1. The van der Waals surface area contributed by atoms with E-state index in [1.807, 2.05) is 30.3 Å².